The van der Waals surface area contributed by atoms with Crippen LogP contribution in [-0.2, 0) is 22.9 Å². The van der Waals surface area contributed by atoms with Gasteiger partial charge in [-0.1, -0.05) is 0 Å². The van der Waals surface area contributed by atoms with Crippen molar-refractivity contribution in [3.05, 3.63) is 23.7 Å². The van der Waals surface area contributed by atoms with Crippen molar-refractivity contribution in [3.63, 3.8) is 0 Å². The minimum Gasteiger partial charge on any atom is -0.464 e. The van der Waals surface area contributed by atoms with E-state index in [0.29, 0.717) is 12.5 Å². The molecule has 1 heterocycles. The Bertz CT molecular complexity index is 247. The second kappa shape index (κ2) is 6.87. The molecule has 0 aliphatic heterocycles. The van der Waals surface area contributed by atoms with Crippen molar-refractivity contribution in [1.82, 2.24) is 0 Å². The summed E-state index contributed by atoms with van der Waals surface area (Å²) in [7, 11) is 0. The van der Waals surface area contributed by atoms with E-state index in [0.717, 1.165) is 24.4 Å². The highest BCUT2D eigenvalue weighted by Crippen LogP contribution is 2.11. The summed E-state index contributed by atoms with van der Waals surface area (Å²) in [6.07, 6.45) is 1.76. The van der Waals surface area contributed by atoms with E-state index >= 15 is 0 Å². The Labute approximate surface area is 88.6 Å². The third-order valence-corrected chi connectivity index (χ3v) is 2.01. The van der Waals surface area contributed by atoms with Gasteiger partial charge < -0.3 is 9.15 Å². The first-order chi connectivity index (χ1) is 6.86. The molecule has 4 heteroatoms. The average molecular weight is 218 g/mol. The Morgan fingerprint density at radius 3 is 2.86 bits per heavy atom. The van der Waals surface area contributed by atoms with Gasteiger partial charge in [-0.25, -0.2) is 5.11 Å². The summed E-state index contributed by atoms with van der Waals surface area (Å²) in [5.74, 6) is 2.33. The first-order valence-electron chi connectivity index (χ1n) is 4.66. The molecule has 0 unspecified atom stereocenters. The fourth-order valence-corrected chi connectivity index (χ4v) is 1.24. The van der Waals surface area contributed by atoms with E-state index < -0.39 is 0 Å². The van der Waals surface area contributed by atoms with E-state index in [2.05, 4.69) is 0 Å². The summed E-state index contributed by atoms with van der Waals surface area (Å²) in [4.78, 5) is 0. The lowest BCUT2D eigenvalue weighted by molar-refractivity contribution is 0.0472. The van der Waals surface area contributed by atoms with Crippen LogP contribution in [0.25, 0.3) is 0 Å². The van der Waals surface area contributed by atoms with Gasteiger partial charge in [-0.15, -0.1) is 11.6 Å². The maximum absolute atomic E-state index is 10.1. The summed E-state index contributed by atoms with van der Waals surface area (Å²) in [6, 6.07) is 3.79. The van der Waals surface area contributed by atoms with Crippen LogP contribution in [0.5, 0.6) is 0 Å². The molecular formula is C10H14ClO3. The van der Waals surface area contributed by atoms with Crippen LogP contribution in [0.4, 0.5) is 0 Å². The normalized spacial score (nSPS) is 10.7. The van der Waals surface area contributed by atoms with E-state index in [-0.39, 0.29) is 13.2 Å². The van der Waals surface area contributed by atoms with Crippen LogP contribution in [0.1, 0.15) is 17.9 Å². The van der Waals surface area contributed by atoms with Gasteiger partial charge in [-0.3, -0.25) is 0 Å². The number of alkyl halides is 1. The van der Waals surface area contributed by atoms with Crippen molar-refractivity contribution in [3.8, 4) is 0 Å². The predicted molar refractivity (Wildman–Crippen MR) is 53.0 cm³/mol. The molecule has 1 aromatic rings. The molecule has 0 aliphatic carbocycles. The average Bonchev–Trinajstić information content (AvgIpc) is 2.63. The number of halogens is 1. The van der Waals surface area contributed by atoms with E-state index in [1.807, 2.05) is 12.1 Å². The summed E-state index contributed by atoms with van der Waals surface area (Å²) in [5.41, 5.74) is 0. The lowest BCUT2D eigenvalue weighted by Crippen LogP contribution is -1.97. The first-order valence-corrected chi connectivity index (χ1v) is 5.19. The fraction of sp³-hybridized carbons (Fsp3) is 0.600. The zero-order chi connectivity index (χ0) is 10.2. The van der Waals surface area contributed by atoms with Crippen LogP contribution >= 0.6 is 11.6 Å². The molecule has 0 saturated heterocycles. The van der Waals surface area contributed by atoms with Gasteiger partial charge in [0, 0.05) is 12.3 Å². The van der Waals surface area contributed by atoms with Crippen LogP contribution in [-0.4, -0.2) is 19.1 Å². The lowest BCUT2D eigenvalue weighted by atomic mass is 10.3. The minimum atomic E-state index is -0.209. The van der Waals surface area contributed by atoms with Gasteiger partial charge in [-0.05, 0) is 18.6 Å². The quantitative estimate of drug-likeness (QED) is 0.520. The van der Waals surface area contributed by atoms with Crippen LogP contribution < -0.4 is 0 Å². The third kappa shape index (κ3) is 4.13. The molecule has 1 rings (SSSR count). The molecule has 0 saturated carbocycles. The molecule has 0 N–H and O–H groups in total. The second-order valence-corrected chi connectivity index (χ2v) is 3.30. The monoisotopic (exact) mass is 217 g/mol. The Kier molecular flexibility index (Phi) is 5.68. The third-order valence-electron chi connectivity index (χ3n) is 1.75. The van der Waals surface area contributed by atoms with Crippen LogP contribution in [0.2, 0.25) is 0 Å². The molecule has 14 heavy (non-hydrogen) atoms. The molecule has 1 aromatic heterocycles. The Balaban J connectivity index is 2.27. The number of hydrogen-bond acceptors (Lipinski definition) is 2. The highest BCUT2D eigenvalue weighted by Gasteiger charge is 2.01. The maximum atomic E-state index is 10.1. The Morgan fingerprint density at radius 2 is 2.14 bits per heavy atom. The van der Waals surface area contributed by atoms with Crippen LogP contribution in [0, 0.1) is 0 Å². The van der Waals surface area contributed by atoms with Gasteiger partial charge in [0.05, 0.1) is 6.61 Å². The molecule has 3 nitrogen and oxygen atoms in total. The SMILES string of the molecule is [O]CCOCc1ccc(CCCCl)o1. The van der Waals surface area contributed by atoms with E-state index in [9.17, 15) is 5.11 Å². The topological polar surface area (TPSA) is 42.3 Å². The van der Waals surface area contributed by atoms with Crippen LogP contribution in [0.15, 0.2) is 16.5 Å². The molecule has 0 aromatic carbocycles. The second-order valence-electron chi connectivity index (χ2n) is 2.92. The van der Waals surface area contributed by atoms with Crippen molar-refractivity contribution < 1.29 is 14.3 Å². The van der Waals surface area contributed by atoms with Gasteiger partial charge in [0.15, 0.2) is 0 Å². The van der Waals surface area contributed by atoms with Crippen molar-refractivity contribution >= 4 is 11.6 Å². The summed E-state index contributed by atoms with van der Waals surface area (Å²) < 4.78 is 10.5. The smallest absolute Gasteiger partial charge is 0.129 e. The summed E-state index contributed by atoms with van der Waals surface area (Å²) in [5, 5.41) is 10.1. The predicted octanol–water partition coefficient (Wildman–Crippen LogP) is 2.40. The van der Waals surface area contributed by atoms with Crippen molar-refractivity contribution in [2.24, 2.45) is 0 Å². The minimum absolute atomic E-state index is 0.209. The number of rotatable bonds is 7. The highest BCUT2D eigenvalue weighted by atomic mass is 35.5. The van der Waals surface area contributed by atoms with Crippen molar-refractivity contribution in [2.45, 2.75) is 19.4 Å². The fourth-order valence-electron chi connectivity index (χ4n) is 1.11. The molecule has 0 spiro atoms. The Hall–Kier alpha value is -0.510. The highest BCUT2D eigenvalue weighted by molar-refractivity contribution is 6.17. The molecule has 0 aliphatic rings. The molecule has 79 valence electrons. The number of aryl methyl sites for hydroxylation is 1. The molecule has 0 amide bonds. The van der Waals surface area contributed by atoms with Gasteiger partial charge in [0.1, 0.15) is 24.7 Å². The first kappa shape index (κ1) is 11.6. The number of ether oxygens (including phenoxy) is 1. The lowest BCUT2D eigenvalue weighted by Gasteiger charge is -1.97. The Morgan fingerprint density at radius 1 is 1.36 bits per heavy atom. The molecule has 0 atom stereocenters. The zero-order valence-corrected chi connectivity index (χ0v) is 8.76. The summed E-state index contributed by atoms with van der Waals surface area (Å²) >= 11 is 5.56. The molecule has 0 fully saturated rings. The maximum Gasteiger partial charge on any atom is 0.129 e. The zero-order valence-electron chi connectivity index (χ0n) is 8.00. The van der Waals surface area contributed by atoms with Crippen molar-refractivity contribution in [1.29, 1.82) is 0 Å². The van der Waals surface area contributed by atoms with Gasteiger partial charge >= 0.3 is 0 Å². The molecule has 0 bridgehead atoms. The standard InChI is InChI=1S/C10H14ClO3/c11-5-1-2-9-3-4-10(14-9)8-13-7-6-12/h3-4H,1-2,5-8H2. The van der Waals surface area contributed by atoms with E-state index in [1.54, 1.807) is 0 Å². The molecule has 1 radical (unpaired) electrons. The number of hydrogen-bond donors (Lipinski definition) is 0. The van der Waals surface area contributed by atoms with E-state index in [4.69, 9.17) is 20.8 Å². The van der Waals surface area contributed by atoms with Crippen LogP contribution in [0.3, 0.4) is 0 Å². The van der Waals surface area contributed by atoms with E-state index in [1.165, 1.54) is 0 Å². The summed E-state index contributed by atoms with van der Waals surface area (Å²) in [6.45, 7) is 0.403. The van der Waals surface area contributed by atoms with Gasteiger partial charge in [0.2, 0.25) is 0 Å². The number of furan rings is 1. The van der Waals surface area contributed by atoms with Gasteiger partial charge in [-0.2, -0.15) is 0 Å². The van der Waals surface area contributed by atoms with Crippen molar-refractivity contribution in [2.75, 3.05) is 19.1 Å². The largest absolute Gasteiger partial charge is 0.464 e. The van der Waals surface area contributed by atoms with Gasteiger partial charge in [0.25, 0.3) is 0 Å². The molecular weight excluding hydrogens is 204 g/mol.